The Balaban J connectivity index is 2.48. The van der Waals surface area contributed by atoms with Gasteiger partial charge in [0.2, 0.25) is 0 Å². The quantitative estimate of drug-likeness (QED) is 0.769. The summed E-state index contributed by atoms with van der Waals surface area (Å²) >= 11 is 0. The SMILES string of the molecule is OB(O)c1cc(F)cc(-c2ccc(F)cc2)c1. The van der Waals surface area contributed by atoms with Gasteiger partial charge < -0.3 is 10.0 Å². The zero-order valence-corrected chi connectivity index (χ0v) is 8.77. The highest BCUT2D eigenvalue weighted by Crippen LogP contribution is 2.19. The van der Waals surface area contributed by atoms with Crippen LogP contribution in [0.5, 0.6) is 0 Å². The van der Waals surface area contributed by atoms with E-state index in [4.69, 9.17) is 10.0 Å². The molecule has 0 atom stereocenters. The molecule has 0 fully saturated rings. The van der Waals surface area contributed by atoms with E-state index in [0.29, 0.717) is 11.1 Å². The molecule has 5 heteroatoms. The lowest BCUT2D eigenvalue weighted by Gasteiger charge is -2.06. The van der Waals surface area contributed by atoms with Crippen LogP contribution >= 0.6 is 0 Å². The molecule has 0 heterocycles. The smallest absolute Gasteiger partial charge is 0.423 e. The molecule has 2 N–H and O–H groups in total. The van der Waals surface area contributed by atoms with E-state index in [9.17, 15) is 8.78 Å². The van der Waals surface area contributed by atoms with E-state index >= 15 is 0 Å². The van der Waals surface area contributed by atoms with Gasteiger partial charge in [-0.15, -0.1) is 0 Å². The van der Waals surface area contributed by atoms with E-state index in [2.05, 4.69) is 0 Å². The van der Waals surface area contributed by atoms with Crippen molar-refractivity contribution in [3.63, 3.8) is 0 Å². The number of hydrogen-bond acceptors (Lipinski definition) is 2. The molecular weight excluding hydrogens is 225 g/mol. The molecule has 0 amide bonds. The van der Waals surface area contributed by atoms with Crippen LogP contribution in [0, 0.1) is 11.6 Å². The van der Waals surface area contributed by atoms with Gasteiger partial charge in [-0.3, -0.25) is 0 Å². The highest BCUT2D eigenvalue weighted by Gasteiger charge is 2.13. The maximum Gasteiger partial charge on any atom is 0.488 e. The Morgan fingerprint density at radius 1 is 0.765 bits per heavy atom. The summed E-state index contributed by atoms with van der Waals surface area (Å²) in [5.41, 5.74) is 1.13. The predicted octanol–water partition coefficient (Wildman–Crippen LogP) is 1.31. The fourth-order valence-electron chi connectivity index (χ4n) is 1.57. The molecule has 0 aliphatic carbocycles. The zero-order valence-electron chi connectivity index (χ0n) is 8.77. The van der Waals surface area contributed by atoms with Crippen LogP contribution in [0.15, 0.2) is 42.5 Å². The normalized spacial score (nSPS) is 10.4. The third-order valence-electron chi connectivity index (χ3n) is 2.40. The maximum absolute atomic E-state index is 13.3. The monoisotopic (exact) mass is 234 g/mol. The molecule has 0 radical (unpaired) electrons. The summed E-state index contributed by atoms with van der Waals surface area (Å²) in [6, 6.07) is 9.25. The summed E-state index contributed by atoms with van der Waals surface area (Å²) in [6.45, 7) is 0. The van der Waals surface area contributed by atoms with Crippen molar-refractivity contribution in [2.45, 2.75) is 0 Å². The molecule has 0 aliphatic rings. The summed E-state index contributed by atoms with van der Waals surface area (Å²) in [5, 5.41) is 18.0. The summed E-state index contributed by atoms with van der Waals surface area (Å²) in [5.74, 6) is -0.956. The third-order valence-corrected chi connectivity index (χ3v) is 2.40. The van der Waals surface area contributed by atoms with Gasteiger partial charge in [0.1, 0.15) is 11.6 Å². The third kappa shape index (κ3) is 2.69. The number of hydrogen-bond donors (Lipinski definition) is 2. The van der Waals surface area contributed by atoms with Gasteiger partial charge in [0.25, 0.3) is 0 Å². The van der Waals surface area contributed by atoms with Gasteiger partial charge in [0, 0.05) is 0 Å². The lowest BCUT2D eigenvalue weighted by Crippen LogP contribution is -2.30. The van der Waals surface area contributed by atoms with Crippen LogP contribution in [0.4, 0.5) is 8.78 Å². The number of benzene rings is 2. The van der Waals surface area contributed by atoms with Crippen LogP contribution in [0.3, 0.4) is 0 Å². The van der Waals surface area contributed by atoms with Crippen molar-refractivity contribution in [1.82, 2.24) is 0 Å². The number of halogens is 2. The van der Waals surface area contributed by atoms with Gasteiger partial charge in [0.15, 0.2) is 0 Å². The molecule has 0 aromatic heterocycles. The minimum Gasteiger partial charge on any atom is -0.423 e. The van der Waals surface area contributed by atoms with Crippen LogP contribution in [0.2, 0.25) is 0 Å². The minimum atomic E-state index is -1.73. The standard InChI is InChI=1S/C12H9BF2O2/c14-11-3-1-8(2-4-11)9-5-10(13(16)17)7-12(15)6-9/h1-7,16-17H. The van der Waals surface area contributed by atoms with E-state index in [1.54, 1.807) is 0 Å². The lowest BCUT2D eigenvalue weighted by atomic mass is 9.79. The van der Waals surface area contributed by atoms with Crippen LogP contribution in [0.25, 0.3) is 11.1 Å². The molecule has 2 aromatic rings. The van der Waals surface area contributed by atoms with Gasteiger partial charge in [-0.25, -0.2) is 8.78 Å². The average molecular weight is 234 g/mol. The first kappa shape index (κ1) is 11.8. The fraction of sp³-hybridized carbons (Fsp3) is 0. The first-order valence-electron chi connectivity index (χ1n) is 4.99. The van der Waals surface area contributed by atoms with Gasteiger partial charge in [-0.2, -0.15) is 0 Å². The molecule has 0 aliphatic heterocycles. The van der Waals surface area contributed by atoms with Crippen molar-refractivity contribution in [2.75, 3.05) is 0 Å². The van der Waals surface area contributed by atoms with Gasteiger partial charge in [-0.05, 0) is 40.9 Å². The molecule has 17 heavy (non-hydrogen) atoms. The second-order valence-corrected chi connectivity index (χ2v) is 3.65. The van der Waals surface area contributed by atoms with E-state index in [1.165, 1.54) is 36.4 Å². The van der Waals surface area contributed by atoms with Crippen molar-refractivity contribution in [3.05, 3.63) is 54.1 Å². The topological polar surface area (TPSA) is 40.5 Å². The first-order valence-corrected chi connectivity index (χ1v) is 4.99. The highest BCUT2D eigenvalue weighted by atomic mass is 19.1. The Hall–Kier alpha value is -1.72. The summed E-state index contributed by atoms with van der Waals surface area (Å²) < 4.78 is 26.0. The Kier molecular flexibility index (Phi) is 3.22. The molecule has 2 nitrogen and oxygen atoms in total. The molecule has 2 aromatic carbocycles. The molecule has 0 saturated heterocycles. The Morgan fingerprint density at radius 2 is 1.41 bits per heavy atom. The Morgan fingerprint density at radius 3 is 2.00 bits per heavy atom. The van der Waals surface area contributed by atoms with Crippen LogP contribution in [0.1, 0.15) is 0 Å². The van der Waals surface area contributed by atoms with E-state index < -0.39 is 12.9 Å². The Bertz CT molecular complexity index is 527. The lowest BCUT2D eigenvalue weighted by molar-refractivity contribution is 0.425. The van der Waals surface area contributed by atoms with Crippen molar-refractivity contribution < 1.29 is 18.8 Å². The van der Waals surface area contributed by atoms with E-state index in [1.807, 2.05) is 0 Å². The van der Waals surface area contributed by atoms with Crippen molar-refractivity contribution in [1.29, 1.82) is 0 Å². The van der Waals surface area contributed by atoms with Crippen LogP contribution in [-0.2, 0) is 0 Å². The summed E-state index contributed by atoms with van der Waals surface area (Å²) in [6.07, 6.45) is 0. The second-order valence-electron chi connectivity index (χ2n) is 3.65. The largest absolute Gasteiger partial charge is 0.488 e. The summed E-state index contributed by atoms with van der Waals surface area (Å²) in [4.78, 5) is 0. The van der Waals surface area contributed by atoms with Crippen molar-refractivity contribution in [3.8, 4) is 11.1 Å². The van der Waals surface area contributed by atoms with Crippen molar-refractivity contribution in [2.24, 2.45) is 0 Å². The molecule has 0 bridgehead atoms. The molecular formula is C12H9BF2O2. The van der Waals surface area contributed by atoms with E-state index in [0.717, 1.165) is 6.07 Å². The number of rotatable bonds is 2. The molecule has 0 spiro atoms. The Labute approximate surface area is 97.3 Å². The predicted molar refractivity (Wildman–Crippen MR) is 61.6 cm³/mol. The maximum atomic E-state index is 13.3. The molecule has 2 rings (SSSR count). The van der Waals surface area contributed by atoms with E-state index in [-0.39, 0.29) is 11.3 Å². The van der Waals surface area contributed by atoms with Gasteiger partial charge in [0.05, 0.1) is 0 Å². The first-order chi connectivity index (χ1) is 8.06. The highest BCUT2D eigenvalue weighted by molar-refractivity contribution is 6.58. The van der Waals surface area contributed by atoms with Crippen molar-refractivity contribution >= 4 is 12.6 Å². The fourth-order valence-corrected chi connectivity index (χ4v) is 1.57. The van der Waals surface area contributed by atoms with Crippen LogP contribution < -0.4 is 5.46 Å². The summed E-state index contributed by atoms with van der Waals surface area (Å²) in [7, 11) is -1.73. The molecule has 0 saturated carbocycles. The minimum absolute atomic E-state index is 0.0596. The second kappa shape index (κ2) is 4.65. The van der Waals surface area contributed by atoms with Crippen LogP contribution in [-0.4, -0.2) is 17.2 Å². The van der Waals surface area contributed by atoms with Gasteiger partial charge in [-0.1, -0.05) is 18.2 Å². The van der Waals surface area contributed by atoms with Gasteiger partial charge >= 0.3 is 7.12 Å². The average Bonchev–Trinajstić information content (AvgIpc) is 2.29. The molecule has 0 unspecified atom stereocenters. The molecule has 86 valence electrons. The zero-order chi connectivity index (χ0) is 12.4.